The number of nitrogens with one attached hydrogen (secondary N) is 1. The van der Waals surface area contributed by atoms with E-state index >= 15 is 0 Å². The molecule has 0 unspecified atom stereocenters. The first-order valence-corrected chi connectivity index (χ1v) is 6.83. The fraction of sp³-hybridized carbons (Fsp3) is 0.462. The first-order chi connectivity index (χ1) is 8.13. The van der Waals surface area contributed by atoms with Crippen LogP contribution >= 0.6 is 15.9 Å². The summed E-state index contributed by atoms with van der Waals surface area (Å²) in [4.78, 5) is 2.39. The Morgan fingerprint density at radius 3 is 2.76 bits per heavy atom. The van der Waals surface area contributed by atoms with Crippen LogP contribution in [0.4, 0.5) is 5.69 Å². The molecular formula is C13H18BrN3. The Morgan fingerprint density at radius 1 is 1.53 bits per heavy atom. The highest BCUT2D eigenvalue weighted by Crippen LogP contribution is 2.35. The molecule has 17 heavy (non-hydrogen) atoms. The second-order valence-corrected chi connectivity index (χ2v) is 5.42. The van der Waals surface area contributed by atoms with E-state index in [-0.39, 0.29) is 5.84 Å². The minimum absolute atomic E-state index is 0.147. The number of anilines is 1. The van der Waals surface area contributed by atoms with Crippen LogP contribution in [0.1, 0.15) is 31.7 Å². The SMILES string of the molecule is CCCN(c1cc(Br)ccc1C(=N)N)C1CC1. The number of nitrogens with zero attached hydrogens (tertiary/aromatic N) is 1. The van der Waals surface area contributed by atoms with E-state index in [1.165, 1.54) is 12.8 Å². The van der Waals surface area contributed by atoms with Crippen molar-refractivity contribution in [2.24, 2.45) is 5.73 Å². The molecule has 4 heteroatoms. The minimum atomic E-state index is 0.147. The van der Waals surface area contributed by atoms with Gasteiger partial charge < -0.3 is 10.6 Å². The molecule has 0 bridgehead atoms. The zero-order chi connectivity index (χ0) is 12.4. The molecule has 0 aliphatic heterocycles. The molecule has 92 valence electrons. The number of halogens is 1. The summed E-state index contributed by atoms with van der Waals surface area (Å²) in [6, 6.07) is 6.58. The highest BCUT2D eigenvalue weighted by Gasteiger charge is 2.30. The van der Waals surface area contributed by atoms with Crippen LogP contribution in [0.2, 0.25) is 0 Å². The maximum Gasteiger partial charge on any atom is 0.124 e. The topological polar surface area (TPSA) is 53.1 Å². The van der Waals surface area contributed by atoms with Crippen molar-refractivity contribution in [2.75, 3.05) is 11.4 Å². The van der Waals surface area contributed by atoms with Gasteiger partial charge in [-0.05, 0) is 37.5 Å². The van der Waals surface area contributed by atoms with Gasteiger partial charge in [-0.2, -0.15) is 0 Å². The van der Waals surface area contributed by atoms with E-state index in [1.54, 1.807) is 0 Å². The molecule has 2 rings (SSSR count). The van der Waals surface area contributed by atoms with Crippen molar-refractivity contribution in [3.63, 3.8) is 0 Å². The van der Waals surface area contributed by atoms with E-state index in [9.17, 15) is 0 Å². The zero-order valence-corrected chi connectivity index (χ0v) is 11.6. The quantitative estimate of drug-likeness (QED) is 0.648. The summed E-state index contributed by atoms with van der Waals surface area (Å²) in [6.07, 6.45) is 3.62. The lowest BCUT2D eigenvalue weighted by molar-refractivity contribution is 0.762. The van der Waals surface area contributed by atoms with Gasteiger partial charge in [0.1, 0.15) is 5.84 Å². The Hall–Kier alpha value is -1.03. The number of nitrogens with two attached hydrogens (primary N) is 1. The highest BCUT2D eigenvalue weighted by molar-refractivity contribution is 9.10. The van der Waals surface area contributed by atoms with E-state index in [2.05, 4.69) is 33.8 Å². The lowest BCUT2D eigenvalue weighted by Gasteiger charge is -2.26. The number of nitrogen functional groups attached to an aromatic ring is 1. The van der Waals surface area contributed by atoms with Gasteiger partial charge in [-0.3, -0.25) is 5.41 Å². The molecule has 0 saturated heterocycles. The third kappa shape index (κ3) is 2.80. The molecule has 0 amide bonds. The van der Waals surface area contributed by atoms with Crippen molar-refractivity contribution >= 4 is 27.5 Å². The summed E-state index contributed by atoms with van der Waals surface area (Å²) < 4.78 is 1.04. The summed E-state index contributed by atoms with van der Waals surface area (Å²) >= 11 is 3.50. The van der Waals surface area contributed by atoms with Gasteiger partial charge in [0.25, 0.3) is 0 Å². The number of rotatable bonds is 5. The van der Waals surface area contributed by atoms with Gasteiger partial charge in [-0.15, -0.1) is 0 Å². The van der Waals surface area contributed by atoms with E-state index in [4.69, 9.17) is 11.1 Å². The lowest BCUT2D eigenvalue weighted by Crippen LogP contribution is -2.29. The molecule has 0 spiro atoms. The van der Waals surface area contributed by atoms with E-state index in [0.717, 1.165) is 28.7 Å². The summed E-state index contributed by atoms with van der Waals surface area (Å²) in [5.74, 6) is 0.147. The largest absolute Gasteiger partial charge is 0.384 e. The number of hydrogen-bond acceptors (Lipinski definition) is 2. The van der Waals surface area contributed by atoms with Crippen molar-refractivity contribution in [3.8, 4) is 0 Å². The van der Waals surface area contributed by atoms with Gasteiger partial charge in [-0.1, -0.05) is 22.9 Å². The number of amidine groups is 1. The van der Waals surface area contributed by atoms with Gasteiger partial charge in [0.2, 0.25) is 0 Å². The summed E-state index contributed by atoms with van der Waals surface area (Å²) in [7, 11) is 0. The third-order valence-electron chi connectivity index (χ3n) is 3.01. The fourth-order valence-corrected chi connectivity index (χ4v) is 2.45. The normalized spacial score (nSPS) is 14.7. The van der Waals surface area contributed by atoms with Crippen molar-refractivity contribution < 1.29 is 0 Å². The van der Waals surface area contributed by atoms with Crippen molar-refractivity contribution in [1.29, 1.82) is 5.41 Å². The summed E-state index contributed by atoms with van der Waals surface area (Å²) in [5, 5.41) is 7.67. The van der Waals surface area contributed by atoms with Crippen LogP contribution < -0.4 is 10.6 Å². The predicted octanol–water partition coefficient (Wildman–Crippen LogP) is 3.11. The Kier molecular flexibility index (Phi) is 3.72. The second-order valence-electron chi connectivity index (χ2n) is 4.50. The Morgan fingerprint density at radius 2 is 2.24 bits per heavy atom. The Bertz CT molecular complexity index is 427. The van der Waals surface area contributed by atoms with Gasteiger partial charge in [0.15, 0.2) is 0 Å². The smallest absolute Gasteiger partial charge is 0.124 e. The van der Waals surface area contributed by atoms with Crippen LogP contribution in [0, 0.1) is 5.41 Å². The number of hydrogen-bond donors (Lipinski definition) is 2. The molecule has 0 aromatic heterocycles. The van der Waals surface area contributed by atoms with Crippen LogP contribution in [0.25, 0.3) is 0 Å². The zero-order valence-electron chi connectivity index (χ0n) is 10.0. The standard InChI is InChI=1S/C13H18BrN3/c1-2-7-17(10-4-5-10)12-8-9(14)3-6-11(12)13(15)16/h3,6,8,10H,2,4-5,7H2,1H3,(H3,15,16). The predicted molar refractivity (Wildman–Crippen MR) is 75.8 cm³/mol. The van der Waals surface area contributed by atoms with E-state index < -0.39 is 0 Å². The average molecular weight is 296 g/mol. The molecule has 1 saturated carbocycles. The molecule has 3 nitrogen and oxygen atoms in total. The third-order valence-corrected chi connectivity index (χ3v) is 3.50. The van der Waals surface area contributed by atoms with Gasteiger partial charge in [-0.25, -0.2) is 0 Å². The Balaban J connectivity index is 2.39. The van der Waals surface area contributed by atoms with Crippen LogP contribution in [0.5, 0.6) is 0 Å². The van der Waals surface area contributed by atoms with Gasteiger partial charge in [0.05, 0.1) is 0 Å². The van der Waals surface area contributed by atoms with Crippen molar-refractivity contribution in [2.45, 2.75) is 32.2 Å². The van der Waals surface area contributed by atoms with Crippen LogP contribution in [0.15, 0.2) is 22.7 Å². The molecule has 1 fully saturated rings. The maximum atomic E-state index is 7.67. The van der Waals surface area contributed by atoms with Crippen LogP contribution in [-0.2, 0) is 0 Å². The molecule has 0 atom stereocenters. The van der Waals surface area contributed by atoms with E-state index in [1.807, 2.05) is 12.1 Å². The highest BCUT2D eigenvalue weighted by atomic mass is 79.9. The molecule has 3 N–H and O–H groups in total. The van der Waals surface area contributed by atoms with Gasteiger partial charge in [0, 0.05) is 28.3 Å². The van der Waals surface area contributed by atoms with Crippen molar-refractivity contribution in [3.05, 3.63) is 28.2 Å². The molecule has 1 aliphatic carbocycles. The van der Waals surface area contributed by atoms with Gasteiger partial charge >= 0.3 is 0 Å². The van der Waals surface area contributed by atoms with Crippen LogP contribution in [-0.4, -0.2) is 18.4 Å². The molecule has 0 radical (unpaired) electrons. The second kappa shape index (κ2) is 5.08. The molecule has 1 aromatic carbocycles. The average Bonchev–Trinajstić information content (AvgIpc) is 3.09. The fourth-order valence-electron chi connectivity index (χ4n) is 2.10. The first kappa shape index (κ1) is 12.4. The monoisotopic (exact) mass is 295 g/mol. The number of benzene rings is 1. The maximum absolute atomic E-state index is 7.67. The minimum Gasteiger partial charge on any atom is -0.384 e. The summed E-state index contributed by atoms with van der Waals surface area (Å²) in [5.41, 5.74) is 7.60. The Labute approximate surface area is 111 Å². The van der Waals surface area contributed by atoms with Crippen molar-refractivity contribution in [1.82, 2.24) is 0 Å². The molecule has 1 aromatic rings. The van der Waals surface area contributed by atoms with Crippen LogP contribution in [0.3, 0.4) is 0 Å². The molecular weight excluding hydrogens is 278 g/mol. The lowest BCUT2D eigenvalue weighted by atomic mass is 10.1. The van der Waals surface area contributed by atoms with E-state index in [0.29, 0.717) is 6.04 Å². The summed E-state index contributed by atoms with van der Waals surface area (Å²) in [6.45, 7) is 3.21. The first-order valence-electron chi connectivity index (χ1n) is 6.04. The molecule has 1 aliphatic rings. The molecule has 0 heterocycles.